The van der Waals surface area contributed by atoms with Crippen molar-refractivity contribution in [1.29, 1.82) is 0 Å². The molecule has 1 aromatic heterocycles. The third-order valence-electron chi connectivity index (χ3n) is 2.11. The molecule has 0 aliphatic heterocycles. The lowest BCUT2D eigenvalue weighted by atomic mass is 10.3. The van der Waals surface area contributed by atoms with Gasteiger partial charge in [0.15, 0.2) is 0 Å². The largest absolute Gasteiger partial charge is 0.385 e. The molecule has 1 aromatic rings. The van der Waals surface area contributed by atoms with Gasteiger partial charge in [-0.05, 0) is 28.8 Å². The number of halogens is 1. The number of nitro groups is 1. The van der Waals surface area contributed by atoms with E-state index in [9.17, 15) is 10.1 Å². The van der Waals surface area contributed by atoms with Crippen LogP contribution >= 0.6 is 15.9 Å². The standard InChI is InChI=1S/C10H14BrN3O3/c1-17-5-3-2-4-12-10-9(11)6-8(7-13-10)14(15)16/h6-7H,2-5H2,1H3,(H,12,13). The third-order valence-corrected chi connectivity index (χ3v) is 2.71. The summed E-state index contributed by atoms with van der Waals surface area (Å²) in [4.78, 5) is 14.0. The average molecular weight is 304 g/mol. The van der Waals surface area contributed by atoms with Crippen molar-refractivity contribution in [2.24, 2.45) is 0 Å². The lowest BCUT2D eigenvalue weighted by Gasteiger charge is -2.06. The second-order valence-corrected chi connectivity index (χ2v) is 4.26. The van der Waals surface area contributed by atoms with Gasteiger partial charge in [-0.1, -0.05) is 0 Å². The molecule has 17 heavy (non-hydrogen) atoms. The fourth-order valence-corrected chi connectivity index (χ4v) is 1.71. The summed E-state index contributed by atoms with van der Waals surface area (Å²) in [6.45, 7) is 1.49. The fourth-order valence-electron chi connectivity index (χ4n) is 1.24. The van der Waals surface area contributed by atoms with Crippen molar-refractivity contribution in [3.63, 3.8) is 0 Å². The van der Waals surface area contributed by atoms with Crippen LogP contribution in [0.25, 0.3) is 0 Å². The summed E-state index contributed by atoms with van der Waals surface area (Å²) >= 11 is 3.24. The number of rotatable bonds is 7. The molecule has 0 aromatic carbocycles. The first-order valence-corrected chi connectivity index (χ1v) is 5.97. The van der Waals surface area contributed by atoms with E-state index in [1.807, 2.05) is 0 Å². The van der Waals surface area contributed by atoms with Crippen LogP contribution in [-0.4, -0.2) is 30.2 Å². The van der Waals surface area contributed by atoms with Crippen LogP contribution in [0.2, 0.25) is 0 Å². The number of hydrogen-bond donors (Lipinski definition) is 1. The Hall–Kier alpha value is -1.21. The van der Waals surface area contributed by atoms with Crippen LogP contribution in [0.4, 0.5) is 11.5 Å². The molecule has 0 saturated heterocycles. The van der Waals surface area contributed by atoms with E-state index in [0.717, 1.165) is 26.0 Å². The predicted molar refractivity (Wildman–Crippen MR) is 68.2 cm³/mol. The van der Waals surface area contributed by atoms with Crippen molar-refractivity contribution in [1.82, 2.24) is 4.98 Å². The molecular weight excluding hydrogens is 290 g/mol. The number of anilines is 1. The summed E-state index contributed by atoms with van der Waals surface area (Å²) in [6.07, 6.45) is 3.16. The Kier molecular flexibility index (Phi) is 5.85. The van der Waals surface area contributed by atoms with E-state index in [-0.39, 0.29) is 5.69 Å². The number of methoxy groups -OCH3 is 1. The number of pyridine rings is 1. The number of hydrogen-bond acceptors (Lipinski definition) is 5. The zero-order chi connectivity index (χ0) is 12.7. The molecule has 0 unspecified atom stereocenters. The van der Waals surface area contributed by atoms with E-state index in [1.54, 1.807) is 7.11 Å². The highest BCUT2D eigenvalue weighted by molar-refractivity contribution is 9.10. The average Bonchev–Trinajstić information content (AvgIpc) is 2.30. The van der Waals surface area contributed by atoms with Crippen LogP contribution in [0.15, 0.2) is 16.7 Å². The number of ether oxygens (including phenoxy) is 1. The second kappa shape index (κ2) is 7.18. The Balaban J connectivity index is 2.46. The highest BCUT2D eigenvalue weighted by Gasteiger charge is 2.09. The Morgan fingerprint density at radius 1 is 1.59 bits per heavy atom. The predicted octanol–water partition coefficient (Wildman–Crippen LogP) is 2.59. The molecular formula is C10H14BrN3O3. The van der Waals surface area contributed by atoms with Gasteiger partial charge in [0.2, 0.25) is 0 Å². The molecule has 1 heterocycles. The molecule has 7 heteroatoms. The summed E-state index contributed by atoms with van der Waals surface area (Å²) in [7, 11) is 1.67. The van der Waals surface area contributed by atoms with E-state index in [0.29, 0.717) is 10.3 Å². The maximum atomic E-state index is 10.5. The van der Waals surface area contributed by atoms with Gasteiger partial charge in [-0.15, -0.1) is 0 Å². The van der Waals surface area contributed by atoms with Crippen LogP contribution in [0.5, 0.6) is 0 Å². The molecule has 0 aliphatic rings. The number of unbranched alkanes of at least 4 members (excludes halogenated alkanes) is 1. The second-order valence-electron chi connectivity index (χ2n) is 3.41. The minimum atomic E-state index is -0.472. The molecule has 6 nitrogen and oxygen atoms in total. The van der Waals surface area contributed by atoms with Gasteiger partial charge < -0.3 is 10.1 Å². The van der Waals surface area contributed by atoms with Gasteiger partial charge in [-0.25, -0.2) is 4.98 Å². The van der Waals surface area contributed by atoms with Crippen LogP contribution in [0, 0.1) is 10.1 Å². The molecule has 1 rings (SSSR count). The lowest BCUT2D eigenvalue weighted by Crippen LogP contribution is -2.05. The monoisotopic (exact) mass is 303 g/mol. The van der Waals surface area contributed by atoms with Crippen LogP contribution in [0.1, 0.15) is 12.8 Å². The first-order chi connectivity index (χ1) is 8.15. The zero-order valence-electron chi connectivity index (χ0n) is 9.48. The van der Waals surface area contributed by atoms with E-state index in [4.69, 9.17) is 4.74 Å². The van der Waals surface area contributed by atoms with Crippen molar-refractivity contribution in [3.8, 4) is 0 Å². The summed E-state index contributed by atoms with van der Waals surface area (Å²) < 4.78 is 5.53. The fraction of sp³-hybridized carbons (Fsp3) is 0.500. The number of aromatic nitrogens is 1. The first kappa shape index (κ1) is 13.9. The molecule has 0 amide bonds. The van der Waals surface area contributed by atoms with Gasteiger partial charge in [0.05, 0.1) is 9.40 Å². The smallest absolute Gasteiger partial charge is 0.288 e. The normalized spacial score (nSPS) is 10.2. The van der Waals surface area contributed by atoms with Gasteiger partial charge >= 0.3 is 0 Å². The highest BCUT2D eigenvalue weighted by Crippen LogP contribution is 2.24. The molecule has 0 saturated carbocycles. The van der Waals surface area contributed by atoms with Crippen LogP contribution in [-0.2, 0) is 4.74 Å². The number of nitrogens with zero attached hydrogens (tertiary/aromatic N) is 2. The van der Waals surface area contributed by atoms with Gasteiger partial charge in [0.25, 0.3) is 5.69 Å². The molecule has 0 fully saturated rings. The summed E-state index contributed by atoms with van der Waals surface area (Å²) in [5, 5.41) is 13.6. The van der Waals surface area contributed by atoms with Gasteiger partial charge in [0, 0.05) is 26.3 Å². The van der Waals surface area contributed by atoms with E-state index in [1.165, 1.54) is 12.3 Å². The Morgan fingerprint density at radius 3 is 2.94 bits per heavy atom. The summed E-state index contributed by atoms with van der Waals surface area (Å²) in [5.41, 5.74) is -0.0261. The first-order valence-electron chi connectivity index (χ1n) is 5.18. The zero-order valence-corrected chi connectivity index (χ0v) is 11.1. The van der Waals surface area contributed by atoms with Gasteiger partial charge in [-0.2, -0.15) is 0 Å². The van der Waals surface area contributed by atoms with E-state index in [2.05, 4.69) is 26.2 Å². The molecule has 0 aliphatic carbocycles. The van der Waals surface area contributed by atoms with Crippen molar-refractivity contribution in [3.05, 3.63) is 26.9 Å². The minimum absolute atomic E-state index is 0.0261. The molecule has 0 spiro atoms. The summed E-state index contributed by atoms with van der Waals surface area (Å²) in [5.74, 6) is 0.619. The van der Waals surface area contributed by atoms with Crippen LogP contribution < -0.4 is 5.32 Å². The Morgan fingerprint density at radius 2 is 2.35 bits per heavy atom. The summed E-state index contributed by atoms with van der Waals surface area (Å²) in [6, 6.07) is 1.44. The maximum absolute atomic E-state index is 10.5. The minimum Gasteiger partial charge on any atom is -0.385 e. The molecule has 94 valence electrons. The number of nitrogens with one attached hydrogen (secondary N) is 1. The molecule has 1 N–H and O–H groups in total. The van der Waals surface area contributed by atoms with Gasteiger partial charge in [0.1, 0.15) is 12.0 Å². The Bertz CT molecular complexity index is 387. The highest BCUT2D eigenvalue weighted by atomic mass is 79.9. The molecule has 0 atom stereocenters. The maximum Gasteiger partial charge on any atom is 0.288 e. The SMILES string of the molecule is COCCCCNc1ncc([N+](=O)[O-])cc1Br. The molecule has 0 bridgehead atoms. The molecule has 0 radical (unpaired) electrons. The Labute approximate surface area is 108 Å². The van der Waals surface area contributed by atoms with E-state index >= 15 is 0 Å². The van der Waals surface area contributed by atoms with Gasteiger partial charge in [-0.3, -0.25) is 10.1 Å². The van der Waals surface area contributed by atoms with Crippen molar-refractivity contribution < 1.29 is 9.66 Å². The van der Waals surface area contributed by atoms with Crippen molar-refractivity contribution in [2.75, 3.05) is 25.6 Å². The lowest BCUT2D eigenvalue weighted by molar-refractivity contribution is -0.385. The third kappa shape index (κ3) is 4.66. The van der Waals surface area contributed by atoms with E-state index < -0.39 is 4.92 Å². The van der Waals surface area contributed by atoms with Crippen molar-refractivity contribution >= 4 is 27.4 Å². The topological polar surface area (TPSA) is 77.3 Å². The van der Waals surface area contributed by atoms with Crippen LogP contribution in [0.3, 0.4) is 0 Å². The van der Waals surface area contributed by atoms with Crippen molar-refractivity contribution in [2.45, 2.75) is 12.8 Å². The quantitative estimate of drug-likeness (QED) is 0.476.